The monoisotopic (exact) mass is 276 g/mol. The van der Waals surface area contributed by atoms with E-state index in [1.807, 2.05) is 0 Å². The van der Waals surface area contributed by atoms with Gasteiger partial charge >= 0.3 is 0 Å². The van der Waals surface area contributed by atoms with Crippen molar-refractivity contribution >= 4 is 10.0 Å². The van der Waals surface area contributed by atoms with Gasteiger partial charge in [0.05, 0.1) is 5.75 Å². The molecule has 1 saturated heterocycles. The molecule has 0 atom stereocenters. The van der Waals surface area contributed by atoms with Crippen LogP contribution in [0.1, 0.15) is 52.4 Å². The van der Waals surface area contributed by atoms with Gasteiger partial charge in [-0.1, -0.05) is 33.1 Å². The maximum Gasteiger partial charge on any atom is 0.214 e. The van der Waals surface area contributed by atoms with Crippen molar-refractivity contribution in [3.05, 3.63) is 0 Å². The summed E-state index contributed by atoms with van der Waals surface area (Å²) in [5.41, 5.74) is 0. The van der Waals surface area contributed by atoms with Crippen LogP contribution < -0.4 is 5.32 Å². The fourth-order valence-corrected chi connectivity index (χ4v) is 3.85. The van der Waals surface area contributed by atoms with Gasteiger partial charge in [-0.05, 0) is 25.8 Å². The van der Waals surface area contributed by atoms with Crippen LogP contribution in [0.2, 0.25) is 0 Å². The summed E-state index contributed by atoms with van der Waals surface area (Å²) >= 11 is 0. The first-order valence-corrected chi connectivity index (χ1v) is 8.84. The Morgan fingerprint density at radius 2 is 1.61 bits per heavy atom. The van der Waals surface area contributed by atoms with E-state index in [2.05, 4.69) is 19.2 Å². The molecule has 0 bridgehead atoms. The van der Waals surface area contributed by atoms with Crippen molar-refractivity contribution in [1.29, 1.82) is 0 Å². The van der Waals surface area contributed by atoms with Crippen LogP contribution in [0.25, 0.3) is 0 Å². The Bertz CT molecular complexity index is 307. The molecule has 0 unspecified atom stereocenters. The van der Waals surface area contributed by atoms with Crippen LogP contribution in [0.4, 0.5) is 0 Å². The maximum absolute atomic E-state index is 12.2. The van der Waals surface area contributed by atoms with Crippen LogP contribution >= 0.6 is 0 Å². The zero-order valence-electron chi connectivity index (χ0n) is 11.8. The molecule has 0 saturated carbocycles. The van der Waals surface area contributed by atoms with Gasteiger partial charge in [0.15, 0.2) is 0 Å². The molecule has 1 heterocycles. The highest BCUT2D eigenvalue weighted by Gasteiger charge is 2.21. The quantitative estimate of drug-likeness (QED) is 0.755. The predicted molar refractivity (Wildman–Crippen MR) is 76.2 cm³/mol. The molecular formula is C13H28N2O2S. The Kier molecular flexibility index (Phi) is 7.19. The normalized spacial score (nSPS) is 19.7. The molecule has 1 aliphatic heterocycles. The summed E-state index contributed by atoms with van der Waals surface area (Å²) in [6.45, 7) is 6.38. The largest absolute Gasteiger partial charge is 0.314 e. The van der Waals surface area contributed by atoms with Gasteiger partial charge in [-0.25, -0.2) is 12.7 Å². The first-order chi connectivity index (χ1) is 8.52. The lowest BCUT2D eigenvalue weighted by molar-refractivity contribution is 0.363. The van der Waals surface area contributed by atoms with Gasteiger partial charge in [0.2, 0.25) is 10.0 Å². The van der Waals surface area contributed by atoms with E-state index >= 15 is 0 Å². The highest BCUT2D eigenvalue weighted by molar-refractivity contribution is 7.89. The molecule has 1 aliphatic rings. The second-order valence-electron chi connectivity index (χ2n) is 5.45. The van der Waals surface area contributed by atoms with E-state index in [-0.39, 0.29) is 5.75 Å². The molecule has 0 spiro atoms. The zero-order chi connectivity index (χ0) is 13.4. The minimum Gasteiger partial charge on any atom is -0.314 e. The molecule has 1 fully saturated rings. The second kappa shape index (κ2) is 8.12. The molecule has 0 aromatic carbocycles. The van der Waals surface area contributed by atoms with Crippen LogP contribution in [0.3, 0.4) is 0 Å². The van der Waals surface area contributed by atoms with Crippen molar-refractivity contribution < 1.29 is 8.42 Å². The summed E-state index contributed by atoms with van der Waals surface area (Å²) in [4.78, 5) is 0. The van der Waals surface area contributed by atoms with Crippen molar-refractivity contribution in [3.63, 3.8) is 0 Å². The Labute approximate surface area is 112 Å². The summed E-state index contributed by atoms with van der Waals surface area (Å²) in [7, 11) is -3.03. The minimum absolute atomic E-state index is 0.284. The Balaban J connectivity index is 2.35. The summed E-state index contributed by atoms with van der Waals surface area (Å²) in [5, 5.41) is 3.26. The minimum atomic E-state index is -3.03. The van der Waals surface area contributed by atoms with E-state index in [4.69, 9.17) is 0 Å². The second-order valence-corrected chi connectivity index (χ2v) is 7.53. The number of hydrogen-bond donors (Lipinski definition) is 1. The smallest absolute Gasteiger partial charge is 0.214 e. The average molecular weight is 276 g/mol. The molecule has 18 heavy (non-hydrogen) atoms. The highest BCUT2D eigenvalue weighted by Crippen LogP contribution is 2.14. The van der Waals surface area contributed by atoms with Crippen molar-refractivity contribution in [1.82, 2.24) is 9.62 Å². The summed E-state index contributed by atoms with van der Waals surface area (Å²) in [5.74, 6) is 0.284. The lowest BCUT2D eigenvalue weighted by atomic mass is 10.1. The fourth-order valence-electron chi connectivity index (χ4n) is 2.27. The molecule has 0 amide bonds. The van der Waals surface area contributed by atoms with E-state index in [1.54, 1.807) is 4.31 Å². The standard InChI is InChI=1S/C13H28N2O2S/c1-13(2)14-9-8-12-18(16,17)15-10-6-4-3-5-7-11-15/h13-14H,3-12H2,1-2H3. The third-order valence-corrected chi connectivity index (χ3v) is 5.30. The maximum atomic E-state index is 12.2. The van der Waals surface area contributed by atoms with E-state index in [1.165, 1.54) is 19.3 Å². The van der Waals surface area contributed by atoms with Crippen LogP contribution in [0.5, 0.6) is 0 Å². The molecule has 1 rings (SSSR count). The summed E-state index contributed by atoms with van der Waals surface area (Å²) < 4.78 is 26.1. The van der Waals surface area contributed by atoms with Gasteiger partial charge in [0.1, 0.15) is 0 Å². The topological polar surface area (TPSA) is 49.4 Å². The fraction of sp³-hybridized carbons (Fsp3) is 1.00. The lowest BCUT2D eigenvalue weighted by Gasteiger charge is -2.24. The number of nitrogens with one attached hydrogen (secondary N) is 1. The van der Waals surface area contributed by atoms with E-state index in [0.29, 0.717) is 12.5 Å². The van der Waals surface area contributed by atoms with E-state index in [0.717, 1.165) is 32.5 Å². The van der Waals surface area contributed by atoms with Crippen molar-refractivity contribution in [3.8, 4) is 0 Å². The zero-order valence-corrected chi connectivity index (χ0v) is 12.6. The van der Waals surface area contributed by atoms with Gasteiger partial charge in [0.25, 0.3) is 0 Å². The molecule has 4 nitrogen and oxygen atoms in total. The first-order valence-electron chi connectivity index (χ1n) is 7.23. The number of nitrogens with zero attached hydrogens (tertiary/aromatic N) is 1. The third kappa shape index (κ3) is 6.16. The predicted octanol–water partition coefficient (Wildman–Crippen LogP) is 1.97. The molecule has 1 N–H and O–H groups in total. The SMILES string of the molecule is CC(C)NCCCS(=O)(=O)N1CCCCCCC1. The Morgan fingerprint density at radius 1 is 1.06 bits per heavy atom. The van der Waals surface area contributed by atoms with Gasteiger partial charge < -0.3 is 5.32 Å². The molecule has 5 heteroatoms. The van der Waals surface area contributed by atoms with Crippen molar-refractivity contribution in [2.45, 2.75) is 58.4 Å². The average Bonchev–Trinajstić information content (AvgIpc) is 2.23. The third-order valence-electron chi connectivity index (χ3n) is 3.34. The number of rotatable bonds is 6. The molecule has 108 valence electrons. The van der Waals surface area contributed by atoms with Crippen LogP contribution in [0.15, 0.2) is 0 Å². The van der Waals surface area contributed by atoms with Gasteiger partial charge in [-0.3, -0.25) is 0 Å². The Hall–Kier alpha value is -0.130. The number of hydrogen-bond acceptors (Lipinski definition) is 3. The number of sulfonamides is 1. The van der Waals surface area contributed by atoms with E-state index in [9.17, 15) is 8.42 Å². The summed E-state index contributed by atoms with van der Waals surface area (Å²) in [6, 6.07) is 0.425. The van der Waals surface area contributed by atoms with Crippen LogP contribution in [-0.4, -0.2) is 44.2 Å². The Morgan fingerprint density at radius 3 is 2.17 bits per heavy atom. The summed E-state index contributed by atoms with van der Waals surface area (Å²) in [6.07, 6.45) is 6.33. The van der Waals surface area contributed by atoms with Crippen LogP contribution in [-0.2, 0) is 10.0 Å². The lowest BCUT2D eigenvalue weighted by Crippen LogP contribution is -2.36. The van der Waals surface area contributed by atoms with Gasteiger partial charge in [-0.2, -0.15) is 0 Å². The molecular weight excluding hydrogens is 248 g/mol. The van der Waals surface area contributed by atoms with E-state index < -0.39 is 10.0 Å². The molecule has 0 aromatic heterocycles. The van der Waals surface area contributed by atoms with Crippen molar-refractivity contribution in [2.24, 2.45) is 0 Å². The first kappa shape index (κ1) is 15.9. The van der Waals surface area contributed by atoms with Gasteiger partial charge in [-0.15, -0.1) is 0 Å². The molecule has 0 aliphatic carbocycles. The van der Waals surface area contributed by atoms with Gasteiger partial charge in [0, 0.05) is 19.1 Å². The van der Waals surface area contributed by atoms with Crippen molar-refractivity contribution in [2.75, 3.05) is 25.4 Å². The van der Waals surface area contributed by atoms with Crippen LogP contribution in [0, 0.1) is 0 Å². The molecule has 0 aromatic rings. The molecule has 0 radical (unpaired) electrons. The highest BCUT2D eigenvalue weighted by atomic mass is 32.2.